The van der Waals surface area contributed by atoms with E-state index in [9.17, 15) is 27.6 Å². The monoisotopic (exact) mass is 451 g/mol. The number of carbonyl (C=O) groups excluding carboxylic acids is 1. The molecule has 0 spiro atoms. The predicted octanol–water partition coefficient (Wildman–Crippen LogP) is -0.632. The van der Waals surface area contributed by atoms with Crippen LogP contribution in [0.5, 0.6) is 0 Å². The highest BCUT2D eigenvalue weighted by Crippen LogP contribution is 2.20. The molecule has 2 aromatic heterocycles. The second kappa shape index (κ2) is 8.63. The number of nitrogens with zero attached hydrogens (tertiary/aromatic N) is 4. The van der Waals surface area contributed by atoms with E-state index in [1.807, 2.05) is 6.92 Å². The maximum absolute atomic E-state index is 12.9. The number of nitrogen functional groups attached to an aromatic ring is 1. The van der Waals surface area contributed by atoms with Gasteiger partial charge in [-0.3, -0.25) is 23.5 Å². The largest absolute Gasteiger partial charge is 0.384 e. The van der Waals surface area contributed by atoms with E-state index in [-0.39, 0.29) is 17.3 Å². The molecule has 0 atom stereocenters. The molecule has 1 fully saturated rings. The van der Waals surface area contributed by atoms with Gasteiger partial charge >= 0.3 is 5.69 Å². The van der Waals surface area contributed by atoms with Crippen LogP contribution in [0.4, 0.5) is 5.82 Å². The van der Waals surface area contributed by atoms with Crippen LogP contribution >= 0.6 is 0 Å². The van der Waals surface area contributed by atoms with Crippen molar-refractivity contribution in [2.75, 3.05) is 18.8 Å². The molecule has 168 valence electrons. The van der Waals surface area contributed by atoms with Crippen molar-refractivity contribution in [3.05, 3.63) is 55.1 Å². The molecule has 0 bridgehead atoms. The average molecular weight is 452 g/mol. The van der Waals surface area contributed by atoms with Gasteiger partial charge in [0.15, 0.2) is 5.78 Å². The fraction of sp³-hybridized carbons (Fsp3) is 0.474. The molecule has 1 saturated heterocycles. The highest BCUT2D eigenvalue weighted by atomic mass is 32.2. The minimum Gasteiger partial charge on any atom is -0.384 e. The SMILES string of the molecule is CCCn1c(N)c(C(=O)Cn2cc(S(=O)(=O)N3CCCC3)ccc2=O)c(=O)n(C)c1=O. The number of rotatable bonds is 7. The molecule has 31 heavy (non-hydrogen) atoms. The van der Waals surface area contributed by atoms with Crippen molar-refractivity contribution in [1.82, 2.24) is 18.0 Å². The molecule has 12 heteroatoms. The first-order chi connectivity index (χ1) is 14.6. The van der Waals surface area contributed by atoms with Crippen LogP contribution < -0.4 is 22.5 Å². The summed E-state index contributed by atoms with van der Waals surface area (Å²) in [4.78, 5) is 49.9. The van der Waals surface area contributed by atoms with E-state index in [0.717, 1.165) is 38.8 Å². The summed E-state index contributed by atoms with van der Waals surface area (Å²) in [5.41, 5.74) is 3.43. The summed E-state index contributed by atoms with van der Waals surface area (Å²) in [6.07, 6.45) is 3.16. The second-order valence-corrected chi connectivity index (χ2v) is 9.36. The van der Waals surface area contributed by atoms with Crippen molar-refractivity contribution in [1.29, 1.82) is 0 Å². The van der Waals surface area contributed by atoms with E-state index < -0.39 is 44.7 Å². The van der Waals surface area contributed by atoms with Crippen LogP contribution in [0.25, 0.3) is 0 Å². The third-order valence-corrected chi connectivity index (χ3v) is 7.16. The molecule has 11 nitrogen and oxygen atoms in total. The topological polar surface area (TPSA) is 146 Å². The molecular formula is C19H25N5O6S. The standard InChI is InChI=1S/C19H25N5O6S/c1-3-8-24-17(20)16(18(27)21(2)19(24)28)14(25)12-22-11-13(6-7-15(22)26)31(29,30)23-9-4-5-10-23/h6-7,11H,3-5,8-10,12,20H2,1-2H3. The summed E-state index contributed by atoms with van der Waals surface area (Å²) in [5.74, 6) is -1.06. The zero-order chi connectivity index (χ0) is 22.9. The van der Waals surface area contributed by atoms with Gasteiger partial charge in [0.25, 0.3) is 11.1 Å². The van der Waals surface area contributed by atoms with Gasteiger partial charge in [-0.2, -0.15) is 4.31 Å². The number of aromatic nitrogens is 3. The fourth-order valence-electron chi connectivity index (χ4n) is 3.58. The maximum atomic E-state index is 12.9. The number of hydrogen-bond donors (Lipinski definition) is 1. The number of sulfonamides is 1. The third kappa shape index (κ3) is 4.12. The molecule has 0 saturated carbocycles. The van der Waals surface area contributed by atoms with Gasteiger partial charge in [0.2, 0.25) is 10.0 Å². The van der Waals surface area contributed by atoms with Crippen molar-refractivity contribution in [3.8, 4) is 0 Å². The Hall–Kier alpha value is -2.99. The van der Waals surface area contributed by atoms with Gasteiger partial charge in [0.05, 0.1) is 11.4 Å². The van der Waals surface area contributed by atoms with Gasteiger partial charge in [-0.25, -0.2) is 13.2 Å². The number of hydrogen-bond acceptors (Lipinski definition) is 7. The van der Waals surface area contributed by atoms with E-state index in [1.54, 1.807) is 0 Å². The molecule has 1 aliphatic heterocycles. The first-order valence-electron chi connectivity index (χ1n) is 9.92. The van der Waals surface area contributed by atoms with E-state index in [1.165, 1.54) is 17.4 Å². The van der Waals surface area contributed by atoms with Crippen molar-refractivity contribution < 1.29 is 13.2 Å². The Morgan fingerprint density at radius 3 is 2.39 bits per heavy atom. The first kappa shape index (κ1) is 22.7. The Morgan fingerprint density at radius 1 is 1.13 bits per heavy atom. The van der Waals surface area contributed by atoms with Crippen LogP contribution in [0, 0.1) is 0 Å². The van der Waals surface area contributed by atoms with Crippen molar-refractivity contribution in [2.45, 2.75) is 44.2 Å². The normalized spacial score (nSPS) is 14.8. The summed E-state index contributed by atoms with van der Waals surface area (Å²) in [6, 6.07) is 2.27. The van der Waals surface area contributed by atoms with E-state index >= 15 is 0 Å². The maximum Gasteiger partial charge on any atom is 0.332 e. The summed E-state index contributed by atoms with van der Waals surface area (Å²) in [7, 11) is -2.56. The lowest BCUT2D eigenvalue weighted by Gasteiger charge is -2.17. The quantitative estimate of drug-likeness (QED) is 0.551. The molecule has 0 radical (unpaired) electrons. The molecule has 0 aliphatic carbocycles. The minimum absolute atomic E-state index is 0.112. The minimum atomic E-state index is -3.79. The van der Waals surface area contributed by atoms with Gasteiger partial charge in [0, 0.05) is 38.9 Å². The molecule has 0 amide bonds. The Labute approximate surface area is 178 Å². The number of pyridine rings is 1. The van der Waals surface area contributed by atoms with Crippen LogP contribution in [0.1, 0.15) is 36.5 Å². The second-order valence-electron chi connectivity index (χ2n) is 7.42. The van der Waals surface area contributed by atoms with Gasteiger partial charge in [-0.1, -0.05) is 6.92 Å². The highest BCUT2D eigenvalue weighted by molar-refractivity contribution is 7.89. The summed E-state index contributed by atoms with van der Waals surface area (Å²) < 4.78 is 29.7. The van der Waals surface area contributed by atoms with Crippen LogP contribution in [-0.4, -0.2) is 45.3 Å². The van der Waals surface area contributed by atoms with Crippen molar-refractivity contribution in [3.63, 3.8) is 0 Å². The smallest absolute Gasteiger partial charge is 0.332 e. The van der Waals surface area contributed by atoms with Crippen molar-refractivity contribution in [2.24, 2.45) is 7.05 Å². The lowest BCUT2D eigenvalue weighted by atomic mass is 10.2. The van der Waals surface area contributed by atoms with Crippen LogP contribution in [0.15, 0.2) is 37.6 Å². The summed E-state index contributed by atoms with van der Waals surface area (Å²) in [5, 5.41) is 0. The Bertz CT molecular complexity index is 1300. The molecule has 3 rings (SSSR count). The summed E-state index contributed by atoms with van der Waals surface area (Å²) >= 11 is 0. The lowest BCUT2D eigenvalue weighted by molar-refractivity contribution is 0.0968. The van der Waals surface area contributed by atoms with Gasteiger partial charge in [0.1, 0.15) is 11.4 Å². The number of carbonyl (C=O) groups is 1. The highest BCUT2D eigenvalue weighted by Gasteiger charge is 2.28. The lowest BCUT2D eigenvalue weighted by Crippen LogP contribution is -2.43. The predicted molar refractivity (Wildman–Crippen MR) is 114 cm³/mol. The number of nitrogens with two attached hydrogens (primary N) is 1. The number of ketones is 1. The third-order valence-electron chi connectivity index (χ3n) is 5.28. The van der Waals surface area contributed by atoms with Gasteiger partial charge in [-0.05, 0) is 25.3 Å². The molecule has 3 heterocycles. The molecule has 2 N–H and O–H groups in total. The zero-order valence-electron chi connectivity index (χ0n) is 17.4. The first-order valence-corrected chi connectivity index (χ1v) is 11.4. The molecular weight excluding hydrogens is 426 g/mol. The van der Waals surface area contributed by atoms with Gasteiger partial charge in [-0.15, -0.1) is 0 Å². The Balaban J connectivity index is 2.03. The fourth-order valence-corrected chi connectivity index (χ4v) is 5.12. The zero-order valence-corrected chi connectivity index (χ0v) is 18.2. The van der Waals surface area contributed by atoms with Gasteiger partial charge < -0.3 is 10.3 Å². The van der Waals surface area contributed by atoms with E-state index in [4.69, 9.17) is 5.73 Å². The molecule has 2 aromatic rings. The molecule has 0 aromatic carbocycles. The van der Waals surface area contributed by atoms with E-state index in [2.05, 4.69) is 0 Å². The molecule has 1 aliphatic rings. The van der Waals surface area contributed by atoms with Crippen LogP contribution in [0.2, 0.25) is 0 Å². The number of anilines is 1. The Morgan fingerprint density at radius 2 is 1.77 bits per heavy atom. The molecule has 0 unspecified atom stereocenters. The number of Topliss-reactive ketones (excluding diaryl/α,β-unsaturated/α-hetero) is 1. The average Bonchev–Trinajstić information content (AvgIpc) is 3.27. The van der Waals surface area contributed by atoms with E-state index in [0.29, 0.717) is 19.5 Å². The summed E-state index contributed by atoms with van der Waals surface area (Å²) in [6.45, 7) is 2.22. The van der Waals surface area contributed by atoms with Crippen molar-refractivity contribution >= 4 is 21.6 Å². The van der Waals surface area contributed by atoms with Crippen LogP contribution in [-0.2, 0) is 30.2 Å². The van der Waals surface area contributed by atoms with Crippen LogP contribution in [0.3, 0.4) is 0 Å². The Kier molecular flexibility index (Phi) is 6.32.